The number of aromatic nitrogens is 2. The average Bonchev–Trinajstić information content (AvgIpc) is 2.96. The molecule has 0 saturated heterocycles. The molecular formula is C13H15N3O3S. The third-order valence-electron chi connectivity index (χ3n) is 2.56. The molecule has 20 heavy (non-hydrogen) atoms. The van der Waals surface area contributed by atoms with Gasteiger partial charge in [0.25, 0.3) is 5.56 Å². The largest absolute Gasteiger partial charge is 0.467 e. The normalized spacial score (nSPS) is 10.4. The molecule has 0 radical (unpaired) electrons. The molecule has 0 bridgehead atoms. The van der Waals surface area contributed by atoms with E-state index < -0.39 is 0 Å². The maximum atomic E-state index is 11.7. The monoisotopic (exact) mass is 293 g/mol. The lowest BCUT2D eigenvalue weighted by molar-refractivity contribution is -0.118. The highest BCUT2D eigenvalue weighted by Crippen LogP contribution is 2.13. The first kappa shape index (κ1) is 14.4. The summed E-state index contributed by atoms with van der Waals surface area (Å²) in [7, 11) is 0. The SMILES string of the molecule is CCn1ccc(=O)nc1SCC(=O)NCc1ccco1. The van der Waals surface area contributed by atoms with Crippen LogP contribution in [0.25, 0.3) is 0 Å². The van der Waals surface area contributed by atoms with Gasteiger partial charge in [0.2, 0.25) is 5.91 Å². The first-order valence-corrected chi connectivity index (χ1v) is 7.17. The summed E-state index contributed by atoms with van der Waals surface area (Å²) in [6.45, 7) is 3.01. The highest BCUT2D eigenvalue weighted by atomic mass is 32.2. The molecule has 1 N–H and O–H groups in total. The second kappa shape index (κ2) is 6.95. The Balaban J connectivity index is 1.86. The van der Waals surface area contributed by atoms with E-state index in [-0.39, 0.29) is 17.2 Å². The second-order valence-corrected chi connectivity index (χ2v) is 4.92. The lowest BCUT2D eigenvalue weighted by Gasteiger charge is -2.08. The van der Waals surface area contributed by atoms with Crippen molar-refractivity contribution in [3.8, 4) is 0 Å². The van der Waals surface area contributed by atoms with Crippen molar-refractivity contribution in [2.45, 2.75) is 25.2 Å². The summed E-state index contributed by atoms with van der Waals surface area (Å²) in [6, 6.07) is 4.97. The molecule has 0 aliphatic heterocycles. The number of rotatable bonds is 6. The summed E-state index contributed by atoms with van der Waals surface area (Å²) in [5, 5.41) is 3.29. The molecule has 6 nitrogen and oxygen atoms in total. The van der Waals surface area contributed by atoms with E-state index in [1.54, 1.807) is 24.6 Å². The van der Waals surface area contributed by atoms with Crippen LogP contribution in [0.4, 0.5) is 0 Å². The Kier molecular flexibility index (Phi) is 5.00. The first-order chi connectivity index (χ1) is 9.69. The van der Waals surface area contributed by atoms with Gasteiger partial charge in [-0.05, 0) is 19.1 Å². The zero-order chi connectivity index (χ0) is 14.4. The molecule has 2 aromatic heterocycles. The highest BCUT2D eigenvalue weighted by molar-refractivity contribution is 7.99. The fraction of sp³-hybridized carbons (Fsp3) is 0.308. The van der Waals surface area contributed by atoms with Crippen molar-refractivity contribution in [2.75, 3.05) is 5.75 Å². The van der Waals surface area contributed by atoms with Gasteiger partial charge >= 0.3 is 0 Å². The van der Waals surface area contributed by atoms with E-state index in [9.17, 15) is 9.59 Å². The fourth-order valence-electron chi connectivity index (χ4n) is 1.55. The predicted octanol–water partition coefficient (Wildman–Crippen LogP) is 1.26. The molecule has 0 aromatic carbocycles. The maximum absolute atomic E-state index is 11.7. The van der Waals surface area contributed by atoms with Gasteiger partial charge in [-0.1, -0.05) is 11.8 Å². The Morgan fingerprint density at radius 1 is 1.50 bits per heavy atom. The minimum atomic E-state index is -0.298. The molecule has 0 unspecified atom stereocenters. The number of furan rings is 1. The third kappa shape index (κ3) is 3.99. The zero-order valence-electron chi connectivity index (χ0n) is 11.0. The van der Waals surface area contributed by atoms with E-state index in [4.69, 9.17) is 4.42 Å². The Morgan fingerprint density at radius 3 is 3.05 bits per heavy atom. The van der Waals surface area contributed by atoms with Gasteiger partial charge in [-0.3, -0.25) is 9.59 Å². The molecule has 2 heterocycles. The van der Waals surface area contributed by atoms with Crippen molar-refractivity contribution in [3.05, 3.63) is 46.8 Å². The van der Waals surface area contributed by atoms with Gasteiger partial charge in [0.1, 0.15) is 5.76 Å². The summed E-state index contributed by atoms with van der Waals surface area (Å²) in [6.07, 6.45) is 3.24. The molecule has 2 aromatic rings. The number of carbonyl (C=O) groups is 1. The van der Waals surface area contributed by atoms with Crippen molar-refractivity contribution < 1.29 is 9.21 Å². The van der Waals surface area contributed by atoms with Gasteiger partial charge in [-0.2, -0.15) is 4.98 Å². The number of amides is 1. The van der Waals surface area contributed by atoms with Gasteiger partial charge in [0.05, 0.1) is 18.6 Å². The van der Waals surface area contributed by atoms with Gasteiger partial charge < -0.3 is 14.3 Å². The Hall–Kier alpha value is -2.02. The number of thioether (sulfide) groups is 1. The third-order valence-corrected chi connectivity index (χ3v) is 3.55. The van der Waals surface area contributed by atoms with E-state index in [1.807, 2.05) is 11.5 Å². The highest BCUT2D eigenvalue weighted by Gasteiger charge is 2.07. The van der Waals surface area contributed by atoms with E-state index in [2.05, 4.69) is 10.3 Å². The molecule has 0 saturated carbocycles. The van der Waals surface area contributed by atoms with Crippen LogP contribution < -0.4 is 10.9 Å². The number of nitrogens with one attached hydrogen (secondary N) is 1. The lowest BCUT2D eigenvalue weighted by atomic mass is 10.4. The van der Waals surface area contributed by atoms with Crippen LogP contribution in [0.3, 0.4) is 0 Å². The minimum Gasteiger partial charge on any atom is -0.467 e. The molecule has 7 heteroatoms. The van der Waals surface area contributed by atoms with Crippen LogP contribution in [0, 0.1) is 0 Å². The number of nitrogens with zero attached hydrogens (tertiary/aromatic N) is 2. The summed E-state index contributed by atoms with van der Waals surface area (Å²) >= 11 is 1.24. The number of hydrogen-bond acceptors (Lipinski definition) is 5. The molecule has 0 spiro atoms. The summed E-state index contributed by atoms with van der Waals surface area (Å²) < 4.78 is 6.94. The molecule has 0 atom stereocenters. The van der Waals surface area contributed by atoms with Crippen LogP contribution in [-0.4, -0.2) is 21.2 Å². The van der Waals surface area contributed by atoms with Crippen LogP contribution in [0.5, 0.6) is 0 Å². The van der Waals surface area contributed by atoms with Crippen molar-refractivity contribution in [2.24, 2.45) is 0 Å². The van der Waals surface area contributed by atoms with Crippen LogP contribution in [0.1, 0.15) is 12.7 Å². The summed E-state index contributed by atoms with van der Waals surface area (Å²) in [5.74, 6) is 0.774. The second-order valence-electron chi connectivity index (χ2n) is 3.98. The minimum absolute atomic E-state index is 0.132. The van der Waals surface area contributed by atoms with Crippen molar-refractivity contribution in [1.82, 2.24) is 14.9 Å². The zero-order valence-corrected chi connectivity index (χ0v) is 11.9. The molecule has 0 aliphatic rings. The molecule has 0 aliphatic carbocycles. The Bertz CT molecular complexity index is 622. The van der Waals surface area contributed by atoms with E-state index in [0.717, 1.165) is 0 Å². The average molecular weight is 293 g/mol. The summed E-state index contributed by atoms with van der Waals surface area (Å²) in [5.41, 5.74) is -0.298. The smallest absolute Gasteiger partial charge is 0.273 e. The molecule has 2 rings (SSSR count). The Labute approximate surface area is 120 Å². The number of carbonyl (C=O) groups excluding carboxylic acids is 1. The first-order valence-electron chi connectivity index (χ1n) is 6.18. The quantitative estimate of drug-likeness (QED) is 0.641. The molecule has 106 valence electrons. The maximum Gasteiger partial charge on any atom is 0.273 e. The van der Waals surface area contributed by atoms with Crippen molar-refractivity contribution in [1.29, 1.82) is 0 Å². The standard InChI is InChI=1S/C13H15N3O3S/c1-2-16-6-5-11(17)15-13(16)20-9-12(18)14-8-10-4-3-7-19-10/h3-7H,2,8-9H2,1H3,(H,14,18). The number of hydrogen-bond donors (Lipinski definition) is 1. The van der Waals surface area contributed by atoms with E-state index in [0.29, 0.717) is 24.0 Å². The predicted molar refractivity (Wildman–Crippen MR) is 75.4 cm³/mol. The van der Waals surface area contributed by atoms with Crippen LogP contribution in [0.15, 0.2) is 45.0 Å². The van der Waals surface area contributed by atoms with Crippen LogP contribution in [-0.2, 0) is 17.9 Å². The van der Waals surface area contributed by atoms with Gasteiger partial charge in [0, 0.05) is 18.8 Å². The van der Waals surface area contributed by atoms with Gasteiger partial charge in [-0.25, -0.2) is 0 Å². The van der Waals surface area contributed by atoms with Crippen molar-refractivity contribution >= 4 is 17.7 Å². The van der Waals surface area contributed by atoms with Crippen LogP contribution >= 0.6 is 11.8 Å². The molecule has 0 fully saturated rings. The molecular weight excluding hydrogens is 278 g/mol. The Morgan fingerprint density at radius 2 is 2.35 bits per heavy atom. The van der Waals surface area contributed by atoms with Gasteiger partial charge in [0.15, 0.2) is 5.16 Å². The van der Waals surface area contributed by atoms with Gasteiger partial charge in [-0.15, -0.1) is 0 Å². The fourth-order valence-corrected chi connectivity index (χ4v) is 2.42. The topological polar surface area (TPSA) is 77.1 Å². The van der Waals surface area contributed by atoms with Crippen LogP contribution in [0.2, 0.25) is 0 Å². The summed E-state index contributed by atoms with van der Waals surface area (Å²) in [4.78, 5) is 26.8. The van der Waals surface area contributed by atoms with Crippen molar-refractivity contribution in [3.63, 3.8) is 0 Å². The van der Waals surface area contributed by atoms with E-state index in [1.165, 1.54) is 17.8 Å². The number of aryl methyl sites for hydroxylation is 1. The van der Waals surface area contributed by atoms with E-state index >= 15 is 0 Å². The lowest BCUT2D eigenvalue weighted by Crippen LogP contribution is -2.25. The molecule has 1 amide bonds.